The molecule has 8 heteroatoms. The van der Waals surface area contributed by atoms with Crippen LogP contribution in [0.25, 0.3) is 11.3 Å². The first-order valence-corrected chi connectivity index (χ1v) is 9.74. The highest BCUT2D eigenvalue weighted by Crippen LogP contribution is 2.26. The molecule has 0 aliphatic heterocycles. The zero-order chi connectivity index (χ0) is 19.5. The Morgan fingerprint density at radius 1 is 1.25 bits per heavy atom. The average Bonchev–Trinajstić information content (AvgIpc) is 3.41. The molecule has 3 heterocycles. The molecule has 0 radical (unpaired) electrons. The maximum absolute atomic E-state index is 12.8. The standard InChI is InChI=1S/C20H19N5O2S/c1-13-17(28-12-21-13)8-9-25-11-16(10-22-25)23-20(26)18-14(2)27-24-19(18)15-6-4-3-5-7-15/h3-7,10-12H,8-9H2,1-2H3,(H,23,26). The van der Waals surface area contributed by atoms with Crippen LogP contribution in [0.5, 0.6) is 0 Å². The number of aromatic nitrogens is 4. The summed E-state index contributed by atoms with van der Waals surface area (Å²) >= 11 is 1.65. The summed E-state index contributed by atoms with van der Waals surface area (Å²) in [6, 6.07) is 9.51. The van der Waals surface area contributed by atoms with Gasteiger partial charge in [0.05, 0.1) is 23.1 Å². The van der Waals surface area contributed by atoms with E-state index in [1.807, 2.05) is 53.6 Å². The minimum atomic E-state index is -0.268. The molecule has 4 aromatic rings. The van der Waals surface area contributed by atoms with E-state index in [2.05, 4.69) is 20.6 Å². The molecular weight excluding hydrogens is 374 g/mol. The molecule has 0 spiro atoms. The van der Waals surface area contributed by atoms with E-state index in [1.54, 1.807) is 24.5 Å². The van der Waals surface area contributed by atoms with Crippen molar-refractivity contribution in [2.24, 2.45) is 0 Å². The van der Waals surface area contributed by atoms with E-state index < -0.39 is 0 Å². The van der Waals surface area contributed by atoms with Crippen molar-refractivity contribution >= 4 is 22.9 Å². The lowest BCUT2D eigenvalue weighted by Crippen LogP contribution is -2.13. The number of anilines is 1. The third-order valence-electron chi connectivity index (χ3n) is 4.44. The zero-order valence-corrected chi connectivity index (χ0v) is 16.4. The quantitative estimate of drug-likeness (QED) is 0.533. The number of carbonyl (C=O) groups excluding carboxylic acids is 1. The van der Waals surface area contributed by atoms with Crippen LogP contribution < -0.4 is 5.32 Å². The van der Waals surface area contributed by atoms with Gasteiger partial charge in [-0.2, -0.15) is 5.10 Å². The lowest BCUT2D eigenvalue weighted by Gasteiger charge is -2.04. The van der Waals surface area contributed by atoms with Crippen LogP contribution in [0.1, 0.15) is 26.7 Å². The van der Waals surface area contributed by atoms with E-state index in [0.717, 1.165) is 24.2 Å². The molecule has 0 aliphatic rings. The van der Waals surface area contributed by atoms with Gasteiger partial charge in [0.1, 0.15) is 17.0 Å². The molecule has 0 saturated heterocycles. The average molecular weight is 393 g/mol. The molecule has 0 atom stereocenters. The van der Waals surface area contributed by atoms with E-state index in [-0.39, 0.29) is 5.91 Å². The van der Waals surface area contributed by atoms with Crippen molar-refractivity contribution < 1.29 is 9.32 Å². The summed E-state index contributed by atoms with van der Waals surface area (Å²) in [5, 5.41) is 11.3. The van der Waals surface area contributed by atoms with Gasteiger partial charge in [-0.25, -0.2) is 4.98 Å². The van der Waals surface area contributed by atoms with Crippen molar-refractivity contribution in [2.45, 2.75) is 26.8 Å². The summed E-state index contributed by atoms with van der Waals surface area (Å²) in [7, 11) is 0. The number of aryl methyl sites for hydroxylation is 4. The third-order valence-corrected chi connectivity index (χ3v) is 5.44. The fraction of sp³-hybridized carbons (Fsp3) is 0.200. The van der Waals surface area contributed by atoms with Gasteiger partial charge in [-0.15, -0.1) is 11.3 Å². The predicted octanol–water partition coefficient (Wildman–Crippen LogP) is 4.11. The summed E-state index contributed by atoms with van der Waals surface area (Å²) in [6.45, 7) is 4.46. The van der Waals surface area contributed by atoms with E-state index >= 15 is 0 Å². The molecule has 4 rings (SSSR count). The number of rotatable bonds is 6. The Bertz CT molecular complexity index is 1100. The fourth-order valence-corrected chi connectivity index (χ4v) is 3.73. The Morgan fingerprint density at radius 3 is 2.82 bits per heavy atom. The molecule has 1 N–H and O–H groups in total. The molecule has 0 fully saturated rings. The maximum Gasteiger partial charge on any atom is 0.261 e. The minimum absolute atomic E-state index is 0.268. The molecule has 0 unspecified atom stereocenters. The highest BCUT2D eigenvalue weighted by Gasteiger charge is 2.22. The molecule has 0 bridgehead atoms. The Morgan fingerprint density at radius 2 is 2.07 bits per heavy atom. The van der Waals surface area contributed by atoms with E-state index in [9.17, 15) is 4.79 Å². The van der Waals surface area contributed by atoms with Gasteiger partial charge in [0.2, 0.25) is 0 Å². The SMILES string of the molecule is Cc1ncsc1CCn1cc(NC(=O)c2c(-c3ccccc3)noc2C)cn1. The summed E-state index contributed by atoms with van der Waals surface area (Å²) in [5.41, 5.74) is 5.33. The number of nitrogens with zero attached hydrogens (tertiary/aromatic N) is 4. The van der Waals surface area contributed by atoms with Gasteiger partial charge in [-0.05, 0) is 13.8 Å². The van der Waals surface area contributed by atoms with E-state index in [0.29, 0.717) is 22.7 Å². The number of thiazole rings is 1. The van der Waals surface area contributed by atoms with E-state index in [4.69, 9.17) is 4.52 Å². The smallest absolute Gasteiger partial charge is 0.261 e. The van der Waals surface area contributed by atoms with Gasteiger partial charge in [0.15, 0.2) is 0 Å². The highest BCUT2D eigenvalue weighted by molar-refractivity contribution is 7.09. The van der Waals surface area contributed by atoms with Crippen LogP contribution in [0.4, 0.5) is 5.69 Å². The largest absolute Gasteiger partial charge is 0.360 e. The van der Waals surface area contributed by atoms with Crippen molar-refractivity contribution in [3.63, 3.8) is 0 Å². The zero-order valence-electron chi connectivity index (χ0n) is 15.5. The topological polar surface area (TPSA) is 85.8 Å². The summed E-state index contributed by atoms with van der Waals surface area (Å²) in [4.78, 5) is 18.3. The van der Waals surface area contributed by atoms with Crippen molar-refractivity contribution in [3.05, 3.63) is 70.1 Å². The van der Waals surface area contributed by atoms with Gasteiger partial charge < -0.3 is 9.84 Å². The first-order chi connectivity index (χ1) is 13.6. The maximum atomic E-state index is 12.8. The Hall–Kier alpha value is -3.26. The number of nitrogens with one attached hydrogen (secondary N) is 1. The minimum Gasteiger partial charge on any atom is -0.360 e. The number of benzene rings is 1. The molecule has 142 valence electrons. The van der Waals surface area contributed by atoms with Gasteiger partial charge >= 0.3 is 0 Å². The second-order valence-corrected chi connectivity index (χ2v) is 7.32. The van der Waals surface area contributed by atoms with Crippen LogP contribution in [0.3, 0.4) is 0 Å². The van der Waals surface area contributed by atoms with Crippen LogP contribution in [-0.4, -0.2) is 25.8 Å². The van der Waals surface area contributed by atoms with Crippen LogP contribution in [0, 0.1) is 13.8 Å². The van der Waals surface area contributed by atoms with Gasteiger partial charge in [0, 0.05) is 29.6 Å². The molecule has 1 aromatic carbocycles. The normalized spacial score (nSPS) is 10.9. The molecule has 1 amide bonds. The summed E-state index contributed by atoms with van der Waals surface area (Å²) in [5.74, 6) is 0.208. The molecule has 3 aromatic heterocycles. The number of hydrogen-bond acceptors (Lipinski definition) is 6. The van der Waals surface area contributed by atoms with E-state index in [1.165, 1.54) is 4.88 Å². The molecule has 7 nitrogen and oxygen atoms in total. The van der Waals surface area contributed by atoms with Gasteiger partial charge in [-0.1, -0.05) is 35.5 Å². The number of amides is 1. The lowest BCUT2D eigenvalue weighted by molar-refractivity contribution is 0.102. The van der Waals surface area contributed by atoms with Crippen molar-refractivity contribution in [1.82, 2.24) is 19.9 Å². The third kappa shape index (κ3) is 3.72. The van der Waals surface area contributed by atoms with Gasteiger partial charge in [0.25, 0.3) is 5.91 Å². The molecule has 0 aliphatic carbocycles. The first-order valence-electron chi connectivity index (χ1n) is 8.86. The van der Waals surface area contributed by atoms with Crippen molar-refractivity contribution in [1.29, 1.82) is 0 Å². The first kappa shape index (κ1) is 18.1. The molecule has 0 saturated carbocycles. The second-order valence-electron chi connectivity index (χ2n) is 6.39. The van der Waals surface area contributed by atoms with Crippen molar-refractivity contribution in [3.8, 4) is 11.3 Å². The predicted molar refractivity (Wildman–Crippen MR) is 107 cm³/mol. The van der Waals surface area contributed by atoms with Crippen LogP contribution in [-0.2, 0) is 13.0 Å². The number of carbonyl (C=O) groups is 1. The van der Waals surface area contributed by atoms with Crippen LogP contribution in [0.2, 0.25) is 0 Å². The van der Waals surface area contributed by atoms with Crippen molar-refractivity contribution in [2.75, 3.05) is 5.32 Å². The summed E-state index contributed by atoms with van der Waals surface area (Å²) < 4.78 is 7.08. The Balaban J connectivity index is 1.47. The van der Waals surface area contributed by atoms with Crippen LogP contribution in [0.15, 0.2) is 52.8 Å². The Kier molecular flexibility index (Phi) is 5.03. The molecule has 28 heavy (non-hydrogen) atoms. The van der Waals surface area contributed by atoms with Crippen LogP contribution >= 0.6 is 11.3 Å². The highest BCUT2D eigenvalue weighted by atomic mass is 32.1. The van der Waals surface area contributed by atoms with Gasteiger partial charge in [-0.3, -0.25) is 9.48 Å². The Labute approximate surface area is 166 Å². The number of hydrogen-bond donors (Lipinski definition) is 1. The second kappa shape index (κ2) is 7.77. The monoisotopic (exact) mass is 393 g/mol. The lowest BCUT2D eigenvalue weighted by atomic mass is 10.1. The molecular formula is C20H19N5O2S. The fourth-order valence-electron chi connectivity index (χ4n) is 2.96. The summed E-state index contributed by atoms with van der Waals surface area (Å²) in [6.07, 6.45) is 4.32.